The second-order valence-electron chi connectivity index (χ2n) is 5.09. The molecule has 23 heavy (non-hydrogen) atoms. The van der Waals surface area contributed by atoms with Crippen molar-refractivity contribution in [2.24, 2.45) is 0 Å². The summed E-state index contributed by atoms with van der Waals surface area (Å²) >= 11 is 0. The van der Waals surface area contributed by atoms with E-state index in [4.69, 9.17) is 4.42 Å². The normalized spacial score (nSPS) is 13.0. The van der Waals surface area contributed by atoms with E-state index < -0.39 is 22.0 Å². The Balaban J connectivity index is 2.01. The number of hydrogen-bond donors (Lipinski definition) is 2. The molecule has 124 valence electrons. The van der Waals surface area contributed by atoms with Gasteiger partial charge in [0.1, 0.15) is 0 Å². The summed E-state index contributed by atoms with van der Waals surface area (Å²) in [5.41, 5.74) is 0.875. The second-order valence-corrected chi connectivity index (χ2v) is 7.25. The molecule has 2 aromatic rings. The fourth-order valence-corrected chi connectivity index (χ4v) is 2.76. The molecule has 1 amide bonds. The quantitative estimate of drug-likeness (QED) is 0.818. The Hall–Kier alpha value is -2.16. The second kappa shape index (κ2) is 6.95. The van der Waals surface area contributed by atoms with E-state index in [-0.39, 0.29) is 11.4 Å². The number of nitrogens with one attached hydrogen (secondary N) is 1. The van der Waals surface area contributed by atoms with Crippen LogP contribution in [0.15, 0.2) is 52.2 Å². The number of rotatable bonds is 6. The summed E-state index contributed by atoms with van der Waals surface area (Å²) in [6.45, 7) is 0.0239. The van der Waals surface area contributed by atoms with Crippen molar-refractivity contribution in [3.8, 4) is 0 Å². The zero-order chi connectivity index (χ0) is 17.0. The lowest BCUT2D eigenvalue weighted by molar-refractivity contribution is 0.0916. The molecule has 0 radical (unpaired) electrons. The van der Waals surface area contributed by atoms with E-state index in [1.807, 2.05) is 0 Å². The first-order chi connectivity index (χ1) is 10.8. The molecule has 0 spiro atoms. The van der Waals surface area contributed by atoms with E-state index in [1.165, 1.54) is 50.9 Å². The minimum atomic E-state index is -3.52. The van der Waals surface area contributed by atoms with Crippen LogP contribution in [0.5, 0.6) is 0 Å². The Kier molecular flexibility index (Phi) is 5.19. The Morgan fingerprint density at radius 3 is 2.43 bits per heavy atom. The summed E-state index contributed by atoms with van der Waals surface area (Å²) in [7, 11) is -0.648. The molecule has 1 atom stereocenters. The molecule has 7 nitrogen and oxygen atoms in total. The molecule has 1 aromatic carbocycles. The van der Waals surface area contributed by atoms with E-state index in [1.54, 1.807) is 6.07 Å². The third kappa shape index (κ3) is 3.98. The van der Waals surface area contributed by atoms with Crippen LogP contribution >= 0.6 is 0 Å². The number of hydrogen-bond acceptors (Lipinski definition) is 5. The predicted molar refractivity (Wildman–Crippen MR) is 83.3 cm³/mol. The molecule has 0 aliphatic heterocycles. The summed E-state index contributed by atoms with van der Waals surface area (Å²) in [6, 6.07) is 7.21. The van der Waals surface area contributed by atoms with Gasteiger partial charge in [0.2, 0.25) is 10.0 Å². The van der Waals surface area contributed by atoms with Crippen LogP contribution in [0.3, 0.4) is 0 Å². The molecule has 2 N–H and O–H groups in total. The van der Waals surface area contributed by atoms with Gasteiger partial charge in [-0.3, -0.25) is 4.79 Å². The summed E-state index contributed by atoms with van der Waals surface area (Å²) in [5.74, 6) is -0.402. The number of amides is 1. The van der Waals surface area contributed by atoms with Gasteiger partial charge < -0.3 is 14.8 Å². The van der Waals surface area contributed by atoms with Gasteiger partial charge in [-0.2, -0.15) is 0 Å². The van der Waals surface area contributed by atoms with Crippen molar-refractivity contribution in [2.75, 3.05) is 20.6 Å². The van der Waals surface area contributed by atoms with Gasteiger partial charge in [-0.1, -0.05) is 0 Å². The number of nitrogens with zero attached hydrogens (tertiary/aromatic N) is 1. The lowest BCUT2D eigenvalue weighted by Gasteiger charge is -2.12. The first-order valence-corrected chi connectivity index (χ1v) is 8.27. The van der Waals surface area contributed by atoms with Crippen molar-refractivity contribution in [3.63, 3.8) is 0 Å². The first kappa shape index (κ1) is 17.2. The first-order valence-electron chi connectivity index (χ1n) is 6.83. The predicted octanol–water partition coefficient (Wildman–Crippen LogP) is 0.993. The maximum atomic E-state index is 12.0. The van der Waals surface area contributed by atoms with E-state index >= 15 is 0 Å². The third-order valence-corrected chi connectivity index (χ3v) is 5.11. The molecular formula is C15H18N2O5S. The topological polar surface area (TPSA) is 99.9 Å². The SMILES string of the molecule is CN(C)S(=O)(=O)c1ccc(C(=O)NC[C@@H](O)c2ccoc2)cc1. The van der Waals surface area contributed by atoms with Crippen molar-refractivity contribution in [3.05, 3.63) is 54.0 Å². The van der Waals surface area contributed by atoms with Crippen molar-refractivity contribution in [1.82, 2.24) is 9.62 Å². The van der Waals surface area contributed by atoms with Crippen LogP contribution in [0.1, 0.15) is 22.0 Å². The molecule has 0 saturated heterocycles. The molecule has 1 aromatic heterocycles. The largest absolute Gasteiger partial charge is 0.472 e. The Morgan fingerprint density at radius 2 is 1.91 bits per heavy atom. The lowest BCUT2D eigenvalue weighted by Crippen LogP contribution is -2.28. The van der Waals surface area contributed by atoms with E-state index in [0.29, 0.717) is 11.1 Å². The lowest BCUT2D eigenvalue weighted by atomic mass is 10.2. The average molecular weight is 338 g/mol. The van der Waals surface area contributed by atoms with Crippen LogP contribution in [0.4, 0.5) is 0 Å². The number of furan rings is 1. The Bertz CT molecular complexity index is 752. The van der Waals surface area contributed by atoms with Gasteiger partial charge in [0.05, 0.1) is 23.5 Å². The number of sulfonamides is 1. The molecule has 0 saturated carbocycles. The molecule has 0 bridgehead atoms. The van der Waals surface area contributed by atoms with Crippen molar-refractivity contribution in [2.45, 2.75) is 11.0 Å². The van der Waals surface area contributed by atoms with Gasteiger partial charge in [0.25, 0.3) is 5.91 Å². The van der Waals surface area contributed by atoms with E-state index in [9.17, 15) is 18.3 Å². The highest BCUT2D eigenvalue weighted by atomic mass is 32.2. The van der Waals surface area contributed by atoms with Gasteiger partial charge in [-0.25, -0.2) is 12.7 Å². The van der Waals surface area contributed by atoms with Crippen LogP contribution in [-0.2, 0) is 10.0 Å². The van der Waals surface area contributed by atoms with Gasteiger partial charge in [-0.15, -0.1) is 0 Å². The van der Waals surface area contributed by atoms with E-state index in [2.05, 4.69) is 5.32 Å². The maximum absolute atomic E-state index is 12.0. The number of benzene rings is 1. The van der Waals surface area contributed by atoms with Crippen molar-refractivity contribution < 1.29 is 22.7 Å². The van der Waals surface area contributed by atoms with Crippen LogP contribution in [0.25, 0.3) is 0 Å². The van der Waals surface area contributed by atoms with Gasteiger partial charge >= 0.3 is 0 Å². The maximum Gasteiger partial charge on any atom is 0.251 e. The smallest absolute Gasteiger partial charge is 0.251 e. The highest BCUT2D eigenvalue weighted by molar-refractivity contribution is 7.89. The summed E-state index contributed by atoms with van der Waals surface area (Å²) in [5, 5.41) is 12.4. The van der Waals surface area contributed by atoms with Gasteiger partial charge in [-0.05, 0) is 30.3 Å². The number of aliphatic hydroxyl groups excluding tert-OH is 1. The Morgan fingerprint density at radius 1 is 1.26 bits per heavy atom. The molecular weight excluding hydrogens is 320 g/mol. The molecule has 1 heterocycles. The molecule has 0 aliphatic carbocycles. The highest BCUT2D eigenvalue weighted by Crippen LogP contribution is 2.15. The van der Waals surface area contributed by atoms with Crippen molar-refractivity contribution >= 4 is 15.9 Å². The van der Waals surface area contributed by atoms with Crippen LogP contribution in [0.2, 0.25) is 0 Å². The molecule has 8 heteroatoms. The van der Waals surface area contributed by atoms with E-state index in [0.717, 1.165) is 4.31 Å². The van der Waals surface area contributed by atoms with Gasteiger partial charge in [0, 0.05) is 31.8 Å². The highest BCUT2D eigenvalue weighted by Gasteiger charge is 2.18. The zero-order valence-corrected chi connectivity index (χ0v) is 13.6. The summed E-state index contributed by atoms with van der Waals surface area (Å²) in [4.78, 5) is 12.1. The van der Waals surface area contributed by atoms with Crippen LogP contribution < -0.4 is 5.32 Å². The zero-order valence-electron chi connectivity index (χ0n) is 12.8. The Labute approximate surface area is 134 Å². The summed E-state index contributed by atoms with van der Waals surface area (Å²) in [6.07, 6.45) is 1.97. The molecule has 0 aliphatic rings. The van der Waals surface area contributed by atoms with Gasteiger partial charge in [0.15, 0.2) is 0 Å². The van der Waals surface area contributed by atoms with Crippen LogP contribution in [0, 0.1) is 0 Å². The standard InChI is InChI=1S/C15H18N2O5S/c1-17(2)23(20,21)13-5-3-11(4-6-13)15(19)16-9-14(18)12-7-8-22-10-12/h3-8,10,14,18H,9H2,1-2H3,(H,16,19)/t14-/m1/s1. The number of carbonyl (C=O) groups is 1. The minimum absolute atomic E-state index is 0.0239. The number of aliphatic hydroxyl groups is 1. The van der Waals surface area contributed by atoms with Crippen molar-refractivity contribution in [1.29, 1.82) is 0 Å². The van der Waals surface area contributed by atoms with Crippen LogP contribution in [-0.4, -0.2) is 44.4 Å². The average Bonchev–Trinajstić information content (AvgIpc) is 3.06. The fraction of sp³-hybridized carbons (Fsp3) is 0.267. The molecule has 0 unspecified atom stereocenters. The molecule has 0 fully saturated rings. The fourth-order valence-electron chi connectivity index (χ4n) is 1.86. The third-order valence-electron chi connectivity index (χ3n) is 3.28. The monoisotopic (exact) mass is 338 g/mol. The minimum Gasteiger partial charge on any atom is -0.472 e. The summed E-state index contributed by atoms with van der Waals surface area (Å²) < 4.78 is 29.8. The number of carbonyl (C=O) groups excluding carboxylic acids is 1. The molecule has 2 rings (SSSR count).